The molecule has 0 saturated carbocycles. The molecule has 1 aliphatic heterocycles. The van der Waals surface area contributed by atoms with Gasteiger partial charge in [-0.1, -0.05) is 23.7 Å². The Kier molecular flexibility index (Phi) is 8.03. The Morgan fingerprint density at radius 3 is 2.42 bits per heavy atom. The average Bonchev–Trinajstić information content (AvgIpc) is 2.82. The van der Waals surface area contributed by atoms with E-state index in [-0.39, 0.29) is 6.10 Å². The minimum absolute atomic E-state index is 0.0561. The number of para-hydroxylation sites is 1. The summed E-state index contributed by atoms with van der Waals surface area (Å²) >= 11 is 6.40. The molecule has 0 aliphatic carbocycles. The van der Waals surface area contributed by atoms with Gasteiger partial charge in [-0.25, -0.2) is 4.98 Å². The first-order chi connectivity index (χ1) is 17.1. The number of piperazine rings is 1. The van der Waals surface area contributed by atoms with Crippen LogP contribution in [0.25, 0.3) is 0 Å². The fourth-order valence-corrected chi connectivity index (χ4v) is 5.16. The molecule has 4 rings (SSSR count). The van der Waals surface area contributed by atoms with Crippen molar-refractivity contribution in [3.05, 3.63) is 47.6 Å². The quantitative estimate of drug-likeness (QED) is 0.399. The lowest BCUT2D eigenvalue weighted by Crippen LogP contribution is -2.44. The maximum atomic E-state index is 12.8. The summed E-state index contributed by atoms with van der Waals surface area (Å²) in [6, 6.07) is 11.4. The van der Waals surface area contributed by atoms with Gasteiger partial charge in [0.05, 0.1) is 18.0 Å². The lowest BCUT2D eigenvalue weighted by atomic mass is 10.3. The molecular weight excluding hydrogens is 497 g/mol. The third-order valence-corrected chi connectivity index (χ3v) is 7.57. The summed E-state index contributed by atoms with van der Waals surface area (Å²) in [4.78, 5) is 18.3. The van der Waals surface area contributed by atoms with Gasteiger partial charge in [0.1, 0.15) is 23.7 Å². The molecule has 36 heavy (non-hydrogen) atoms. The van der Waals surface area contributed by atoms with E-state index in [1.807, 2.05) is 50.2 Å². The van der Waals surface area contributed by atoms with Gasteiger partial charge in [-0.2, -0.15) is 9.97 Å². The Bertz CT molecular complexity index is 1260. The van der Waals surface area contributed by atoms with Crippen LogP contribution in [-0.2, 0) is 4.57 Å². The van der Waals surface area contributed by atoms with Gasteiger partial charge in [-0.05, 0) is 58.5 Å². The molecule has 1 saturated heterocycles. The number of hydrogen-bond acceptors (Lipinski definition) is 9. The van der Waals surface area contributed by atoms with Gasteiger partial charge in [0.2, 0.25) is 11.8 Å². The number of benzene rings is 1. The summed E-state index contributed by atoms with van der Waals surface area (Å²) in [5.74, 6) is 2.10. The Hall–Kier alpha value is -2.87. The molecule has 11 heteroatoms. The SMILES string of the molecule is CC(C)Oc1nc(N2CCN(C)CC2)ccc1Nc1ncc(Cl)c(Nc2ccccc2P(C)(C)=O)n1. The summed E-state index contributed by atoms with van der Waals surface area (Å²) < 4.78 is 18.8. The van der Waals surface area contributed by atoms with Crippen molar-refractivity contribution < 1.29 is 9.30 Å². The number of anilines is 5. The molecule has 9 nitrogen and oxygen atoms in total. The van der Waals surface area contributed by atoms with Crippen molar-refractivity contribution in [2.45, 2.75) is 20.0 Å². The molecule has 1 aromatic carbocycles. The van der Waals surface area contributed by atoms with Crippen LogP contribution < -0.4 is 25.6 Å². The Morgan fingerprint density at radius 2 is 1.72 bits per heavy atom. The summed E-state index contributed by atoms with van der Waals surface area (Å²) in [6.07, 6.45) is 1.47. The van der Waals surface area contributed by atoms with Gasteiger partial charge in [0.15, 0.2) is 5.82 Å². The predicted molar refractivity (Wildman–Crippen MR) is 149 cm³/mol. The number of rotatable bonds is 8. The van der Waals surface area contributed by atoms with Crippen molar-refractivity contribution in [2.24, 2.45) is 0 Å². The van der Waals surface area contributed by atoms with Crippen LogP contribution in [0.3, 0.4) is 0 Å². The molecule has 2 aromatic heterocycles. The normalized spacial score (nSPS) is 14.7. The second-order valence-electron chi connectivity index (χ2n) is 9.49. The van der Waals surface area contributed by atoms with Crippen LogP contribution in [0.4, 0.5) is 29.0 Å². The number of nitrogens with zero attached hydrogens (tertiary/aromatic N) is 5. The zero-order valence-corrected chi connectivity index (χ0v) is 23.0. The average molecular weight is 530 g/mol. The van der Waals surface area contributed by atoms with Gasteiger partial charge in [0.25, 0.3) is 0 Å². The third kappa shape index (κ3) is 6.46. The van der Waals surface area contributed by atoms with Crippen LogP contribution in [0.5, 0.6) is 5.88 Å². The third-order valence-electron chi connectivity index (χ3n) is 5.75. The highest BCUT2D eigenvalue weighted by Crippen LogP contribution is 2.39. The molecule has 192 valence electrons. The highest BCUT2D eigenvalue weighted by atomic mass is 35.5. The Balaban J connectivity index is 1.60. The number of pyridine rings is 1. The fraction of sp³-hybridized carbons (Fsp3) is 0.400. The van der Waals surface area contributed by atoms with Crippen LogP contribution in [0.1, 0.15) is 13.8 Å². The predicted octanol–water partition coefficient (Wildman–Crippen LogP) is 4.80. The van der Waals surface area contributed by atoms with E-state index in [4.69, 9.17) is 21.3 Å². The van der Waals surface area contributed by atoms with E-state index in [2.05, 4.69) is 37.4 Å². The largest absolute Gasteiger partial charge is 0.473 e. The van der Waals surface area contributed by atoms with Crippen molar-refractivity contribution >= 4 is 53.0 Å². The highest BCUT2D eigenvalue weighted by Gasteiger charge is 2.20. The van der Waals surface area contributed by atoms with Gasteiger partial charge in [-0.3, -0.25) is 0 Å². The van der Waals surface area contributed by atoms with Crippen LogP contribution >= 0.6 is 18.7 Å². The Labute approximate surface area is 217 Å². The van der Waals surface area contributed by atoms with Crippen molar-refractivity contribution in [3.63, 3.8) is 0 Å². The number of nitrogens with one attached hydrogen (secondary N) is 2. The first-order valence-corrected chi connectivity index (χ1v) is 14.9. The molecule has 0 spiro atoms. The summed E-state index contributed by atoms with van der Waals surface area (Å²) in [6.45, 7) is 11.2. The minimum atomic E-state index is -2.51. The van der Waals surface area contributed by atoms with Gasteiger partial charge in [-0.15, -0.1) is 0 Å². The number of hydrogen-bond donors (Lipinski definition) is 2. The van der Waals surface area contributed by atoms with E-state index < -0.39 is 7.14 Å². The van der Waals surface area contributed by atoms with E-state index in [9.17, 15) is 4.57 Å². The molecule has 1 aliphatic rings. The molecule has 2 N–H and O–H groups in total. The van der Waals surface area contributed by atoms with Gasteiger partial charge >= 0.3 is 0 Å². The fourth-order valence-electron chi connectivity index (χ4n) is 3.86. The maximum absolute atomic E-state index is 12.8. The number of ether oxygens (including phenoxy) is 1. The van der Waals surface area contributed by atoms with Crippen LogP contribution in [0, 0.1) is 0 Å². The molecule has 0 atom stereocenters. The molecular formula is C25H33ClN7O2P. The lowest BCUT2D eigenvalue weighted by molar-refractivity contribution is 0.234. The minimum Gasteiger partial charge on any atom is -0.473 e. The molecule has 0 unspecified atom stereocenters. The van der Waals surface area contributed by atoms with E-state index >= 15 is 0 Å². The van der Waals surface area contributed by atoms with Crippen molar-refractivity contribution in [1.29, 1.82) is 0 Å². The number of likely N-dealkylation sites (N-methyl/N-ethyl adjacent to an activating group) is 1. The second kappa shape index (κ2) is 11.0. The van der Waals surface area contributed by atoms with Crippen LogP contribution in [-0.4, -0.2) is 72.5 Å². The Morgan fingerprint density at radius 1 is 1.00 bits per heavy atom. The van der Waals surface area contributed by atoms with Crippen molar-refractivity contribution in [1.82, 2.24) is 19.9 Å². The van der Waals surface area contributed by atoms with E-state index in [1.165, 1.54) is 6.20 Å². The molecule has 0 bridgehead atoms. The van der Waals surface area contributed by atoms with E-state index in [1.54, 1.807) is 13.3 Å². The van der Waals surface area contributed by atoms with Gasteiger partial charge < -0.3 is 29.7 Å². The first kappa shape index (κ1) is 26.2. The zero-order chi connectivity index (χ0) is 25.9. The number of aromatic nitrogens is 3. The molecule has 0 amide bonds. The summed E-state index contributed by atoms with van der Waals surface area (Å²) in [7, 11) is -0.384. The monoisotopic (exact) mass is 529 g/mol. The number of halogens is 1. The van der Waals surface area contributed by atoms with Crippen molar-refractivity contribution in [3.8, 4) is 5.88 Å². The molecule has 0 radical (unpaired) electrons. The van der Waals surface area contributed by atoms with E-state index in [0.29, 0.717) is 34.0 Å². The maximum Gasteiger partial charge on any atom is 0.240 e. The second-order valence-corrected chi connectivity index (χ2v) is 13.1. The zero-order valence-electron chi connectivity index (χ0n) is 21.3. The first-order valence-electron chi connectivity index (χ1n) is 11.9. The standard InChI is InChI=1S/C25H33ClN7O2P/c1-17(2)35-24-20(10-11-22(30-24)33-14-12-32(3)13-15-33)29-25-27-16-18(26)23(31-25)28-19-8-6-7-9-21(19)36(4,5)34/h6-11,16-17H,12-15H2,1-5H3,(H2,27,28,29,31). The van der Waals surface area contributed by atoms with Gasteiger partial charge in [0, 0.05) is 31.5 Å². The van der Waals surface area contributed by atoms with E-state index in [0.717, 1.165) is 37.3 Å². The smallest absolute Gasteiger partial charge is 0.240 e. The molecule has 3 aromatic rings. The topological polar surface area (TPSA) is 95.5 Å². The summed E-state index contributed by atoms with van der Waals surface area (Å²) in [5, 5.41) is 7.52. The van der Waals surface area contributed by atoms with Crippen LogP contribution in [0.15, 0.2) is 42.6 Å². The summed E-state index contributed by atoms with van der Waals surface area (Å²) in [5.41, 5.74) is 1.35. The molecule has 3 heterocycles. The van der Waals surface area contributed by atoms with Crippen molar-refractivity contribution in [2.75, 3.05) is 62.1 Å². The van der Waals surface area contributed by atoms with Crippen LogP contribution in [0.2, 0.25) is 5.02 Å². The highest BCUT2D eigenvalue weighted by molar-refractivity contribution is 7.70. The molecule has 1 fully saturated rings. The lowest BCUT2D eigenvalue weighted by Gasteiger charge is -2.33.